The van der Waals surface area contributed by atoms with Gasteiger partial charge in [-0.25, -0.2) is 0 Å². The minimum atomic E-state index is -4.15. The molecule has 146 valence electrons. The molecule has 3 rings (SSSR count). The van der Waals surface area contributed by atoms with E-state index in [-0.39, 0.29) is 36.1 Å². The van der Waals surface area contributed by atoms with E-state index in [9.17, 15) is 13.2 Å². The average Bonchev–Trinajstić information content (AvgIpc) is 3.17. The molecule has 9 heteroatoms. The Hall–Kier alpha value is -0.740. The molecule has 1 heterocycles. The van der Waals surface area contributed by atoms with Gasteiger partial charge in [0.25, 0.3) is 0 Å². The minimum absolute atomic E-state index is 0. The maximum absolute atomic E-state index is 12.5. The predicted molar refractivity (Wildman–Crippen MR) is 109 cm³/mol. The standard InChI is InChI=1S/C17H22ClF3N4.HI/c1-22-16(23-13-5-6-25(9-13)10-17(19,20)21)24-15-8-14(15)11-3-2-4-12(18)7-11;/h2-4,7,13-15H,5-6,8-10H2,1H3,(H2,22,23,24);1H. The third kappa shape index (κ3) is 6.16. The monoisotopic (exact) mass is 502 g/mol. The summed E-state index contributed by atoms with van der Waals surface area (Å²) in [6.45, 7) is -0.0258. The van der Waals surface area contributed by atoms with E-state index in [2.05, 4.69) is 21.7 Å². The zero-order valence-corrected chi connectivity index (χ0v) is 17.5. The topological polar surface area (TPSA) is 39.7 Å². The fourth-order valence-electron chi connectivity index (χ4n) is 3.35. The first-order valence-corrected chi connectivity index (χ1v) is 8.76. The normalized spacial score (nSPS) is 26.3. The van der Waals surface area contributed by atoms with E-state index in [0.717, 1.165) is 11.4 Å². The highest BCUT2D eigenvalue weighted by atomic mass is 127. The van der Waals surface area contributed by atoms with E-state index < -0.39 is 12.7 Å². The van der Waals surface area contributed by atoms with Gasteiger partial charge in [0.1, 0.15) is 0 Å². The molecule has 0 aromatic heterocycles. The number of likely N-dealkylation sites (tertiary alicyclic amines) is 1. The molecule has 0 amide bonds. The second-order valence-corrected chi connectivity index (χ2v) is 7.14. The van der Waals surface area contributed by atoms with E-state index in [0.29, 0.717) is 31.4 Å². The number of hydrogen-bond donors (Lipinski definition) is 2. The minimum Gasteiger partial charge on any atom is -0.353 e. The first kappa shape index (κ1) is 21.6. The largest absolute Gasteiger partial charge is 0.401 e. The molecule has 1 aliphatic carbocycles. The van der Waals surface area contributed by atoms with Crippen molar-refractivity contribution in [1.82, 2.24) is 15.5 Å². The Bertz CT molecular complexity index is 641. The molecule has 0 bridgehead atoms. The molecule has 1 aliphatic heterocycles. The number of nitrogens with one attached hydrogen (secondary N) is 2. The zero-order valence-electron chi connectivity index (χ0n) is 14.4. The molecule has 4 nitrogen and oxygen atoms in total. The molecule has 1 saturated carbocycles. The molecule has 2 aliphatic rings. The lowest BCUT2D eigenvalue weighted by molar-refractivity contribution is -0.143. The van der Waals surface area contributed by atoms with Crippen molar-refractivity contribution in [3.05, 3.63) is 34.9 Å². The molecular weight excluding hydrogens is 480 g/mol. The number of benzene rings is 1. The van der Waals surface area contributed by atoms with Crippen LogP contribution in [0.3, 0.4) is 0 Å². The van der Waals surface area contributed by atoms with Gasteiger partial charge in [0, 0.05) is 43.2 Å². The van der Waals surface area contributed by atoms with E-state index in [1.54, 1.807) is 7.05 Å². The van der Waals surface area contributed by atoms with Gasteiger partial charge in [-0.15, -0.1) is 24.0 Å². The van der Waals surface area contributed by atoms with Crippen molar-refractivity contribution in [2.75, 3.05) is 26.7 Å². The molecule has 26 heavy (non-hydrogen) atoms. The van der Waals surface area contributed by atoms with Crippen molar-refractivity contribution in [2.45, 2.75) is 37.0 Å². The Morgan fingerprint density at radius 1 is 1.35 bits per heavy atom. The Morgan fingerprint density at radius 2 is 2.12 bits per heavy atom. The molecular formula is C17H23ClF3IN4. The van der Waals surface area contributed by atoms with Crippen LogP contribution in [0.1, 0.15) is 24.3 Å². The van der Waals surface area contributed by atoms with Gasteiger partial charge in [-0.3, -0.25) is 9.89 Å². The number of rotatable bonds is 4. The highest BCUT2D eigenvalue weighted by Crippen LogP contribution is 2.41. The first-order chi connectivity index (χ1) is 11.8. The maximum atomic E-state index is 12.5. The van der Waals surface area contributed by atoms with E-state index in [1.807, 2.05) is 18.2 Å². The number of nitrogens with zero attached hydrogens (tertiary/aromatic N) is 2. The van der Waals surface area contributed by atoms with Gasteiger partial charge in [0.05, 0.1) is 6.54 Å². The predicted octanol–water partition coefficient (Wildman–Crippen LogP) is 3.62. The summed E-state index contributed by atoms with van der Waals surface area (Å²) in [6.07, 6.45) is -2.47. The van der Waals surface area contributed by atoms with Crippen LogP contribution in [0.25, 0.3) is 0 Å². The number of alkyl halides is 3. The van der Waals surface area contributed by atoms with Gasteiger partial charge >= 0.3 is 6.18 Å². The van der Waals surface area contributed by atoms with Crippen LogP contribution >= 0.6 is 35.6 Å². The second kappa shape index (κ2) is 8.97. The number of aliphatic imine (C=N–C) groups is 1. The average molecular weight is 503 g/mol. The summed E-state index contributed by atoms with van der Waals surface area (Å²) in [5.41, 5.74) is 1.19. The third-order valence-electron chi connectivity index (χ3n) is 4.63. The Morgan fingerprint density at radius 3 is 2.77 bits per heavy atom. The Balaban J connectivity index is 0.00000243. The van der Waals surface area contributed by atoms with Crippen LogP contribution in [-0.4, -0.2) is 55.8 Å². The van der Waals surface area contributed by atoms with Gasteiger partial charge in [0.15, 0.2) is 5.96 Å². The summed E-state index contributed by atoms with van der Waals surface area (Å²) in [5.74, 6) is 1.04. The number of guanidine groups is 1. The Kier molecular flexibility index (Phi) is 7.43. The van der Waals surface area contributed by atoms with Crippen LogP contribution in [0, 0.1) is 0 Å². The molecule has 3 atom stereocenters. The first-order valence-electron chi connectivity index (χ1n) is 8.38. The Labute approximate surface area is 173 Å². The second-order valence-electron chi connectivity index (χ2n) is 6.70. The van der Waals surface area contributed by atoms with Crippen molar-refractivity contribution in [2.24, 2.45) is 4.99 Å². The van der Waals surface area contributed by atoms with Gasteiger partial charge in [-0.2, -0.15) is 13.2 Å². The summed E-state index contributed by atoms with van der Waals surface area (Å²) in [5, 5.41) is 7.32. The van der Waals surface area contributed by atoms with Crippen molar-refractivity contribution in [3.63, 3.8) is 0 Å². The van der Waals surface area contributed by atoms with E-state index >= 15 is 0 Å². The fraction of sp³-hybridized carbons (Fsp3) is 0.588. The van der Waals surface area contributed by atoms with E-state index in [1.165, 1.54) is 10.5 Å². The highest BCUT2D eigenvalue weighted by Gasteiger charge is 2.40. The van der Waals surface area contributed by atoms with Gasteiger partial charge in [0.2, 0.25) is 0 Å². The summed E-state index contributed by atoms with van der Waals surface area (Å²) in [6, 6.07) is 8.07. The summed E-state index contributed by atoms with van der Waals surface area (Å²) in [4.78, 5) is 5.63. The fourth-order valence-corrected chi connectivity index (χ4v) is 3.55. The summed E-state index contributed by atoms with van der Waals surface area (Å²) >= 11 is 6.03. The van der Waals surface area contributed by atoms with Gasteiger partial charge in [-0.05, 0) is 30.5 Å². The third-order valence-corrected chi connectivity index (χ3v) is 4.86. The maximum Gasteiger partial charge on any atom is 0.401 e. The van der Waals surface area contributed by atoms with Crippen LogP contribution in [-0.2, 0) is 0 Å². The molecule has 3 unspecified atom stereocenters. The van der Waals surface area contributed by atoms with Crippen LogP contribution in [0.5, 0.6) is 0 Å². The van der Waals surface area contributed by atoms with Crippen LogP contribution in [0.2, 0.25) is 5.02 Å². The number of halogens is 5. The van der Waals surface area contributed by atoms with Crippen molar-refractivity contribution in [1.29, 1.82) is 0 Å². The van der Waals surface area contributed by atoms with Gasteiger partial charge in [-0.1, -0.05) is 23.7 Å². The van der Waals surface area contributed by atoms with Crippen LogP contribution in [0.4, 0.5) is 13.2 Å². The lowest BCUT2D eigenvalue weighted by atomic mass is 10.1. The molecule has 0 spiro atoms. The zero-order chi connectivity index (χ0) is 18.0. The lowest BCUT2D eigenvalue weighted by Gasteiger charge is -2.20. The summed E-state index contributed by atoms with van der Waals surface area (Å²) < 4.78 is 37.4. The molecule has 0 radical (unpaired) electrons. The molecule has 2 fully saturated rings. The van der Waals surface area contributed by atoms with Crippen molar-refractivity contribution < 1.29 is 13.2 Å². The summed E-state index contributed by atoms with van der Waals surface area (Å²) in [7, 11) is 1.68. The lowest BCUT2D eigenvalue weighted by Crippen LogP contribution is -2.46. The number of hydrogen-bond acceptors (Lipinski definition) is 2. The van der Waals surface area contributed by atoms with Crippen LogP contribution < -0.4 is 10.6 Å². The quantitative estimate of drug-likeness (QED) is 0.375. The smallest absolute Gasteiger partial charge is 0.353 e. The van der Waals surface area contributed by atoms with Crippen molar-refractivity contribution in [3.8, 4) is 0 Å². The van der Waals surface area contributed by atoms with E-state index in [4.69, 9.17) is 11.6 Å². The van der Waals surface area contributed by atoms with Gasteiger partial charge < -0.3 is 10.6 Å². The molecule has 2 N–H and O–H groups in total. The van der Waals surface area contributed by atoms with Crippen LogP contribution in [0.15, 0.2) is 29.3 Å². The highest BCUT2D eigenvalue weighted by molar-refractivity contribution is 14.0. The molecule has 1 aromatic rings. The molecule has 1 aromatic carbocycles. The SMILES string of the molecule is CN=C(NC1CCN(CC(F)(F)F)C1)NC1CC1c1cccc(Cl)c1.I. The molecule has 1 saturated heterocycles. The van der Waals surface area contributed by atoms with Crippen molar-refractivity contribution >= 4 is 41.5 Å².